The van der Waals surface area contributed by atoms with Crippen LogP contribution >= 0.6 is 11.7 Å². The zero-order valence-electron chi connectivity index (χ0n) is 6.28. The summed E-state index contributed by atoms with van der Waals surface area (Å²) in [5.74, 6) is 2.20. The minimum absolute atomic E-state index is 0.223. The SMILES string of the molecule is C#CCCNC(=O)c1cnsn1. The monoisotopic (exact) mass is 181 g/mol. The molecule has 1 aromatic heterocycles. The van der Waals surface area contributed by atoms with E-state index in [2.05, 4.69) is 20.0 Å². The topological polar surface area (TPSA) is 54.9 Å². The number of hydrogen-bond acceptors (Lipinski definition) is 4. The molecule has 0 saturated carbocycles. The van der Waals surface area contributed by atoms with Crippen LogP contribution in [-0.4, -0.2) is 21.2 Å². The summed E-state index contributed by atoms with van der Waals surface area (Å²) >= 11 is 1.01. The van der Waals surface area contributed by atoms with Gasteiger partial charge in [-0.05, 0) is 0 Å². The molecule has 1 rings (SSSR count). The third kappa shape index (κ3) is 2.32. The molecule has 62 valence electrons. The molecule has 0 aromatic carbocycles. The Morgan fingerprint density at radius 3 is 3.25 bits per heavy atom. The Morgan fingerprint density at radius 1 is 1.83 bits per heavy atom. The summed E-state index contributed by atoms with van der Waals surface area (Å²) in [7, 11) is 0. The smallest absolute Gasteiger partial charge is 0.272 e. The first kappa shape index (κ1) is 8.68. The molecule has 0 aliphatic heterocycles. The van der Waals surface area contributed by atoms with Crippen molar-refractivity contribution in [3.63, 3.8) is 0 Å². The first-order valence-corrected chi connectivity index (χ1v) is 4.07. The second-order valence-electron chi connectivity index (χ2n) is 2.00. The molecule has 0 bridgehead atoms. The van der Waals surface area contributed by atoms with E-state index in [1.54, 1.807) is 0 Å². The fourth-order valence-corrected chi connectivity index (χ4v) is 1.02. The van der Waals surface area contributed by atoms with Crippen molar-refractivity contribution in [2.45, 2.75) is 6.42 Å². The number of rotatable bonds is 3. The molecule has 0 aliphatic rings. The molecule has 1 N–H and O–H groups in total. The Balaban J connectivity index is 2.36. The molecule has 0 radical (unpaired) electrons. The Kier molecular flexibility index (Phi) is 3.23. The van der Waals surface area contributed by atoms with Crippen molar-refractivity contribution in [2.24, 2.45) is 0 Å². The van der Waals surface area contributed by atoms with E-state index in [-0.39, 0.29) is 5.91 Å². The van der Waals surface area contributed by atoms with Gasteiger partial charge in [-0.3, -0.25) is 4.79 Å². The van der Waals surface area contributed by atoms with Crippen LogP contribution in [0, 0.1) is 12.3 Å². The fourth-order valence-electron chi connectivity index (χ4n) is 0.603. The summed E-state index contributed by atoms with van der Waals surface area (Å²) in [6, 6.07) is 0. The minimum atomic E-state index is -0.223. The van der Waals surface area contributed by atoms with E-state index in [1.165, 1.54) is 6.20 Å². The van der Waals surface area contributed by atoms with E-state index < -0.39 is 0 Å². The van der Waals surface area contributed by atoms with E-state index in [4.69, 9.17) is 6.42 Å². The summed E-state index contributed by atoms with van der Waals surface area (Å²) in [5, 5.41) is 2.61. The van der Waals surface area contributed by atoms with E-state index in [0.29, 0.717) is 18.7 Å². The van der Waals surface area contributed by atoms with Crippen molar-refractivity contribution in [3.05, 3.63) is 11.9 Å². The number of terminal acetylenes is 1. The van der Waals surface area contributed by atoms with Gasteiger partial charge in [0.1, 0.15) is 0 Å². The van der Waals surface area contributed by atoms with Crippen molar-refractivity contribution >= 4 is 17.6 Å². The Labute approximate surface area is 74.3 Å². The van der Waals surface area contributed by atoms with Gasteiger partial charge in [-0.2, -0.15) is 8.75 Å². The van der Waals surface area contributed by atoms with Crippen molar-refractivity contribution in [2.75, 3.05) is 6.54 Å². The summed E-state index contributed by atoms with van der Waals surface area (Å²) < 4.78 is 7.46. The number of nitrogens with zero attached hydrogens (tertiary/aromatic N) is 2. The van der Waals surface area contributed by atoms with Gasteiger partial charge in [-0.25, -0.2) is 0 Å². The number of carbonyl (C=O) groups excluding carboxylic acids is 1. The molecular weight excluding hydrogens is 174 g/mol. The van der Waals surface area contributed by atoms with Gasteiger partial charge in [0, 0.05) is 13.0 Å². The summed E-state index contributed by atoms with van der Waals surface area (Å²) in [6.45, 7) is 0.479. The third-order valence-electron chi connectivity index (χ3n) is 1.15. The highest BCUT2D eigenvalue weighted by atomic mass is 32.1. The first-order valence-electron chi connectivity index (χ1n) is 3.34. The molecule has 5 heteroatoms. The lowest BCUT2D eigenvalue weighted by molar-refractivity contribution is 0.0950. The van der Waals surface area contributed by atoms with Crippen molar-refractivity contribution < 1.29 is 4.79 Å². The molecule has 0 atom stereocenters. The second kappa shape index (κ2) is 4.46. The molecule has 0 spiro atoms. The fraction of sp³-hybridized carbons (Fsp3) is 0.286. The predicted octanol–water partition coefficient (Wildman–Crippen LogP) is 0.291. The van der Waals surface area contributed by atoms with Crippen LogP contribution in [0.15, 0.2) is 6.20 Å². The molecular formula is C7H7N3OS. The van der Waals surface area contributed by atoms with E-state index >= 15 is 0 Å². The average Bonchev–Trinajstić information content (AvgIpc) is 2.56. The van der Waals surface area contributed by atoms with Gasteiger partial charge in [-0.15, -0.1) is 12.3 Å². The largest absolute Gasteiger partial charge is 0.350 e. The third-order valence-corrected chi connectivity index (χ3v) is 1.63. The predicted molar refractivity (Wildman–Crippen MR) is 45.7 cm³/mol. The highest BCUT2D eigenvalue weighted by molar-refractivity contribution is 6.99. The van der Waals surface area contributed by atoms with Crippen LogP contribution in [-0.2, 0) is 0 Å². The average molecular weight is 181 g/mol. The Bertz CT molecular complexity index is 288. The Hall–Kier alpha value is -1.41. The van der Waals surface area contributed by atoms with Crippen molar-refractivity contribution in [1.29, 1.82) is 0 Å². The van der Waals surface area contributed by atoms with Gasteiger partial charge in [0.15, 0.2) is 5.69 Å². The number of carbonyl (C=O) groups is 1. The summed E-state index contributed by atoms with van der Waals surface area (Å²) in [5.41, 5.74) is 0.344. The first-order chi connectivity index (χ1) is 5.84. The van der Waals surface area contributed by atoms with Crippen LogP contribution in [0.2, 0.25) is 0 Å². The molecule has 1 amide bonds. The molecule has 12 heavy (non-hydrogen) atoms. The van der Waals surface area contributed by atoms with Crippen LogP contribution in [0.1, 0.15) is 16.9 Å². The highest BCUT2D eigenvalue weighted by Gasteiger charge is 2.06. The van der Waals surface area contributed by atoms with Gasteiger partial charge < -0.3 is 5.32 Å². The van der Waals surface area contributed by atoms with Crippen LogP contribution in [0.5, 0.6) is 0 Å². The van der Waals surface area contributed by atoms with Crippen LogP contribution in [0.25, 0.3) is 0 Å². The van der Waals surface area contributed by atoms with Gasteiger partial charge in [-0.1, -0.05) is 0 Å². The molecule has 0 fully saturated rings. The zero-order valence-corrected chi connectivity index (χ0v) is 7.10. The van der Waals surface area contributed by atoms with Crippen molar-refractivity contribution in [3.8, 4) is 12.3 Å². The molecule has 4 nitrogen and oxygen atoms in total. The number of hydrogen-bond donors (Lipinski definition) is 1. The number of nitrogens with one attached hydrogen (secondary N) is 1. The maximum atomic E-state index is 11.1. The normalized spacial score (nSPS) is 8.92. The van der Waals surface area contributed by atoms with Gasteiger partial charge >= 0.3 is 0 Å². The van der Waals surface area contributed by atoms with Gasteiger partial charge in [0.25, 0.3) is 5.91 Å². The van der Waals surface area contributed by atoms with Crippen LogP contribution in [0.4, 0.5) is 0 Å². The highest BCUT2D eigenvalue weighted by Crippen LogP contribution is 1.93. The van der Waals surface area contributed by atoms with E-state index in [0.717, 1.165) is 11.7 Å². The lowest BCUT2D eigenvalue weighted by atomic mass is 10.4. The molecule has 1 heterocycles. The number of aromatic nitrogens is 2. The second-order valence-corrected chi connectivity index (χ2v) is 2.56. The Morgan fingerprint density at radius 2 is 2.67 bits per heavy atom. The maximum absolute atomic E-state index is 11.1. The standard InChI is InChI=1S/C7H7N3OS/c1-2-3-4-8-7(11)6-5-9-12-10-6/h1,5H,3-4H2,(H,8,11). The number of amides is 1. The maximum Gasteiger partial charge on any atom is 0.272 e. The van der Waals surface area contributed by atoms with E-state index in [1.807, 2.05) is 0 Å². The molecule has 1 aromatic rings. The molecule has 0 saturated heterocycles. The quantitative estimate of drug-likeness (QED) is 0.538. The van der Waals surface area contributed by atoms with Crippen molar-refractivity contribution in [1.82, 2.24) is 14.1 Å². The minimum Gasteiger partial charge on any atom is -0.350 e. The van der Waals surface area contributed by atoms with Gasteiger partial charge in [0.2, 0.25) is 0 Å². The lowest BCUT2D eigenvalue weighted by Gasteiger charge is -1.97. The van der Waals surface area contributed by atoms with Crippen LogP contribution in [0.3, 0.4) is 0 Å². The summed E-state index contributed by atoms with van der Waals surface area (Å²) in [4.78, 5) is 11.1. The van der Waals surface area contributed by atoms with E-state index in [9.17, 15) is 4.79 Å². The summed E-state index contributed by atoms with van der Waals surface area (Å²) in [6.07, 6.45) is 6.96. The molecule has 0 aliphatic carbocycles. The molecule has 0 unspecified atom stereocenters. The van der Waals surface area contributed by atoms with Gasteiger partial charge in [0.05, 0.1) is 17.9 Å². The van der Waals surface area contributed by atoms with Crippen LogP contribution < -0.4 is 5.32 Å². The lowest BCUT2D eigenvalue weighted by Crippen LogP contribution is -2.24. The zero-order chi connectivity index (χ0) is 8.81.